The van der Waals surface area contributed by atoms with Gasteiger partial charge >= 0.3 is 0 Å². The quantitative estimate of drug-likeness (QED) is 0.877. The van der Waals surface area contributed by atoms with Crippen LogP contribution in [0, 0.1) is 6.92 Å². The number of nitrogens with two attached hydrogens (primary N) is 1. The zero-order valence-corrected chi connectivity index (χ0v) is 10.7. The minimum atomic E-state index is -0.125. The van der Waals surface area contributed by atoms with Crippen LogP contribution in [0.5, 0.6) is 0 Å². The number of aromatic amines is 1. The maximum absolute atomic E-state index is 11.9. The minimum absolute atomic E-state index is 0.125. The number of hydrogen-bond acceptors (Lipinski definition) is 4. The van der Waals surface area contributed by atoms with Crippen LogP contribution in [0.15, 0.2) is 15.6 Å². The first kappa shape index (κ1) is 11.9. The molecule has 0 amide bonds. The van der Waals surface area contributed by atoms with E-state index in [2.05, 4.69) is 9.97 Å². The zero-order chi connectivity index (χ0) is 12.4. The average molecular weight is 249 g/mol. The molecule has 0 fully saturated rings. The van der Waals surface area contributed by atoms with E-state index >= 15 is 0 Å². The molecule has 4 nitrogen and oxygen atoms in total. The molecule has 0 aliphatic heterocycles. The molecule has 0 saturated heterocycles. The lowest BCUT2D eigenvalue weighted by atomic mass is 10.1. The smallest absolute Gasteiger partial charge is 0.256 e. The van der Waals surface area contributed by atoms with Crippen molar-refractivity contribution in [2.75, 3.05) is 5.73 Å². The molecule has 0 bridgehead atoms. The topological polar surface area (TPSA) is 71.8 Å². The van der Waals surface area contributed by atoms with Crippen LogP contribution in [-0.2, 0) is 6.42 Å². The van der Waals surface area contributed by atoms with Crippen molar-refractivity contribution >= 4 is 17.2 Å². The summed E-state index contributed by atoms with van der Waals surface area (Å²) in [4.78, 5) is 19.0. The van der Waals surface area contributed by atoms with Gasteiger partial charge in [0.2, 0.25) is 0 Å². The second-order valence-corrected chi connectivity index (χ2v) is 4.74. The molecule has 0 aliphatic rings. The van der Waals surface area contributed by atoms with E-state index in [0.29, 0.717) is 23.6 Å². The molecule has 0 aliphatic carbocycles. The second kappa shape index (κ2) is 4.71. The number of nitrogen functional groups attached to an aromatic ring is 1. The van der Waals surface area contributed by atoms with Crippen molar-refractivity contribution in [2.24, 2.45) is 0 Å². The van der Waals surface area contributed by atoms with E-state index in [1.54, 1.807) is 11.3 Å². The molecular formula is C12H15N3OS. The highest BCUT2D eigenvalue weighted by molar-refractivity contribution is 7.08. The van der Waals surface area contributed by atoms with Crippen molar-refractivity contribution in [1.82, 2.24) is 9.97 Å². The van der Waals surface area contributed by atoms with Gasteiger partial charge in [0.1, 0.15) is 11.6 Å². The van der Waals surface area contributed by atoms with Crippen LogP contribution >= 0.6 is 11.3 Å². The van der Waals surface area contributed by atoms with Gasteiger partial charge in [-0.15, -0.1) is 0 Å². The number of nitrogens with zero attached hydrogens (tertiary/aromatic N) is 1. The van der Waals surface area contributed by atoms with Gasteiger partial charge < -0.3 is 10.7 Å². The largest absolute Gasteiger partial charge is 0.383 e. The van der Waals surface area contributed by atoms with Gasteiger partial charge in [-0.1, -0.05) is 13.3 Å². The first-order chi connectivity index (χ1) is 8.13. The highest BCUT2D eigenvalue weighted by Gasteiger charge is 2.11. The van der Waals surface area contributed by atoms with Gasteiger partial charge in [-0.2, -0.15) is 11.3 Å². The van der Waals surface area contributed by atoms with Gasteiger partial charge in [-0.05, 0) is 24.3 Å². The fraction of sp³-hybridized carbons (Fsp3) is 0.333. The Hall–Kier alpha value is -1.62. The van der Waals surface area contributed by atoms with E-state index in [0.717, 1.165) is 17.5 Å². The summed E-state index contributed by atoms with van der Waals surface area (Å²) in [5, 5.41) is 3.98. The molecule has 2 aromatic rings. The summed E-state index contributed by atoms with van der Waals surface area (Å²) in [6.07, 6.45) is 1.54. The maximum atomic E-state index is 11.9. The van der Waals surface area contributed by atoms with Crippen molar-refractivity contribution in [1.29, 1.82) is 0 Å². The SMILES string of the molecule is CCCc1c(N)nc(-c2cscc2C)[nH]c1=O. The fourth-order valence-corrected chi connectivity index (χ4v) is 2.57. The fourth-order valence-electron chi connectivity index (χ4n) is 1.74. The van der Waals surface area contributed by atoms with Gasteiger partial charge in [-0.25, -0.2) is 4.98 Å². The summed E-state index contributed by atoms with van der Waals surface area (Å²) in [5.74, 6) is 0.905. The molecule has 0 radical (unpaired) electrons. The minimum Gasteiger partial charge on any atom is -0.383 e. The Labute approximate surface area is 104 Å². The maximum Gasteiger partial charge on any atom is 0.256 e. The molecule has 3 N–H and O–H groups in total. The van der Waals surface area contributed by atoms with Crippen molar-refractivity contribution in [3.63, 3.8) is 0 Å². The molecule has 0 spiro atoms. The predicted octanol–water partition coefficient (Wildman–Crippen LogP) is 2.34. The molecule has 0 saturated carbocycles. The summed E-state index contributed by atoms with van der Waals surface area (Å²) in [7, 11) is 0. The van der Waals surface area contributed by atoms with Crippen LogP contribution in [0.1, 0.15) is 24.5 Å². The standard InChI is InChI=1S/C12H15N3OS/c1-3-4-8-10(13)14-11(15-12(8)16)9-6-17-5-7(9)2/h5-6H,3-4H2,1-2H3,(H3,13,14,15,16). The molecule has 2 rings (SSSR count). The van der Waals surface area contributed by atoms with Crippen LogP contribution < -0.4 is 11.3 Å². The van der Waals surface area contributed by atoms with Crippen molar-refractivity contribution in [2.45, 2.75) is 26.7 Å². The molecular weight excluding hydrogens is 234 g/mol. The first-order valence-corrected chi connectivity index (χ1v) is 6.49. The third kappa shape index (κ3) is 2.24. The van der Waals surface area contributed by atoms with Gasteiger partial charge in [0.05, 0.1) is 5.56 Å². The molecule has 0 unspecified atom stereocenters. The molecule has 0 aromatic carbocycles. The number of aryl methyl sites for hydroxylation is 1. The molecule has 90 valence electrons. The number of aromatic nitrogens is 2. The monoisotopic (exact) mass is 249 g/mol. The number of H-pyrrole nitrogens is 1. The normalized spacial score (nSPS) is 10.7. The second-order valence-electron chi connectivity index (χ2n) is 4.00. The Kier molecular flexibility index (Phi) is 3.28. The van der Waals surface area contributed by atoms with E-state index in [9.17, 15) is 4.79 Å². The van der Waals surface area contributed by atoms with Crippen LogP contribution in [0.25, 0.3) is 11.4 Å². The van der Waals surface area contributed by atoms with Crippen LogP contribution in [-0.4, -0.2) is 9.97 Å². The van der Waals surface area contributed by atoms with Crippen molar-refractivity contribution in [3.8, 4) is 11.4 Å². The van der Waals surface area contributed by atoms with E-state index in [1.807, 2.05) is 24.6 Å². The number of nitrogens with one attached hydrogen (secondary N) is 1. The number of hydrogen-bond donors (Lipinski definition) is 2. The van der Waals surface area contributed by atoms with Gasteiger partial charge in [-0.3, -0.25) is 4.79 Å². The number of anilines is 1. The van der Waals surface area contributed by atoms with Crippen molar-refractivity contribution in [3.05, 3.63) is 32.2 Å². The summed E-state index contributed by atoms with van der Waals surface area (Å²) < 4.78 is 0. The van der Waals surface area contributed by atoms with Gasteiger partial charge in [0.25, 0.3) is 5.56 Å². The van der Waals surface area contributed by atoms with Crippen LogP contribution in [0.3, 0.4) is 0 Å². The number of thiophene rings is 1. The third-order valence-electron chi connectivity index (χ3n) is 2.66. The third-order valence-corrected chi connectivity index (χ3v) is 3.52. The Balaban J connectivity index is 2.53. The van der Waals surface area contributed by atoms with E-state index in [4.69, 9.17) is 5.73 Å². The summed E-state index contributed by atoms with van der Waals surface area (Å²) in [6.45, 7) is 4.00. The summed E-state index contributed by atoms with van der Waals surface area (Å²) in [6, 6.07) is 0. The Morgan fingerprint density at radius 1 is 1.47 bits per heavy atom. The highest BCUT2D eigenvalue weighted by Crippen LogP contribution is 2.23. The number of rotatable bonds is 3. The van der Waals surface area contributed by atoms with E-state index < -0.39 is 0 Å². The van der Waals surface area contributed by atoms with Gasteiger partial charge in [0.15, 0.2) is 0 Å². The molecule has 0 atom stereocenters. The molecule has 2 aromatic heterocycles. The lowest BCUT2D eigenvalue weighted by molar-refractivity contribution is 0.892. The van der Waals surface area contributed by atoms with Gasteiger partial charge in [0, 0.05) is 10.9 Å². The Morgan fingerprint density at radius 3 is 2.76 bits per heavy atom. The lowest BCUT2D eigenvalue weighted by Gasteiger charge is -2.05. The van der Waals surface area contributed by atoms with Crippen LogP contribution in [0.4, 0.5) is 5.82 Å². The Bertz CT molecular complexity index is 586. The summed E-state index contributed by atoms with van der Waals surface area (Å²) >= 11 is 1.58. The molecule has 5 heteroatoms. The first-order valence-electron chi connectivity index (χ1n) is 5.55. The highest BCUT2D eigenvalue weighted by atomic mass is 32.1. The van der Waals surface area contributed by atoms with E-state index in [-0.39, 0.29) is 5.56 Å². The van der Waals surface area contributed by atoms with Crippen molar-refractivity contribution < 1.29 is 0 Å². The van der Waals surface area contributed by atoms with E-state index in [1.165, 1.54) is 0 Å². The zero-order valence-electron chi connectivity index (χ0n) is 9.91. The van der Waals surface area contributed by atoms with Crippen LogP contribution in [0.2, 0.25) is 0 Å². The molecule has 17 heavy (non-hydrogen) atoms. The Morgan fingerprint density at radius 2 is 2.24 bits per heavy atom. The summed E-state index contributed by atoms with van der Waals surface area (Å²) in [5.41, 5.74) is 8.34. The predicted molar refractivity (Wildman–Crippen MR) is 71.3 cm³/mol. The average Bonchev–Trinajstić information content (AvgIpc) is 2.69. The lowest BCUT2D eigenvalue weighted by Crippen LogP contribution is -2.18. The molecule has 2 heterocycles.